The molecule has 1 aromatic carbocycles. The van der Waals surface area contributed by atoms with Crippen LogP contribution in [0, 0.1) is 6.92 Å². The highest BCUT2D eigenvalue weighted by Gasteiger charge is 2.28. The molecule has 0 N–H and O–H groups in total. The Morgan fingerprint density at radius 1 is 1.26 bits per heavy atom. The van der Waals surface area contributed by atoms with Crippen molar-refractivity contribution in [2.45, 2.75) is 6.92 Å². The maximum absolute atomic E-state index is 12.5. The molecule has 0 amide bonds. The van der Waals surface area contributed by atoms with Crippen LogP contribution in [-0.2, 0) is 17.3 Å². The zero-order chi connectivity index (χ0) is 14.2. The lowest BCUT2D eigenvalue weighted by atomic mass is 10.3. The third-order valence-corrected chi connectivity index (χ3v) is 5.08. The van der Waals surface area contributed by atoms with Gasteiger partial charge < -0.3 is 0 Å². The van der Waals surface area contributed by atoms with Crippen LogP contribution in [0.5, 0.6) is 0 Å². The van der Waals surface area contributed by atoms with Gasteiger partial charge in [-0.25, -0.2) is 8.87 Å². The van der Waals surface area contributed by atoms with Crippen LogP contribution in [0.1, 0.15) is 5.82 Å². The zero-order valence-electron chi connectivity index (χ0n) is 10.9. The van der Waals surface area contributed by atoms with E-state index in [2.05, 4.69) is 0 Å². The molecule has 0 aliphatic rings. The molecule has 102 valence electrons. The molecule has 2 rings (SSSR count). The van der Waals surface area contributed by atoms with E-state index in [4.69, 9.17) is 11.6 Å². The largest absolute Gasteiger partial charge is 0.403 e. The zero-order valence-corrected chi connectivity index (χ0v) is 12.5. The quantitative estimate of drug-likeness (QED) is 0.807. The maximum Gasteiger partial charge on any atom is 0.403 e. The van der Waals surface area contributed by atoms with Crippen molar-refractivity contribution in [3.05, 3.63) is 47.5 Å². The molecule has 1 aromatic heterocycles. The van der Waals surface area contributed by atoms with Crippen LogP contribution in [-0.4, -0.2) is 19.4 Å². The van der Waals surface area contributed by atoms with Crippen molar-refractivity contribution < 1.29 is 13.0 Å². The summed E-state index contributed by atoms with van der Waals surface area (Å²) in [4.78, 5) is 0. The number of benzene rings is 1. The second-order valence-electron chi connectivity index (χ2n) is 4.20. The summed E-state index contributed by atoms with van der Waals surface area (Å²) in [5.41, 5.74) is 0.556. The number of halogens is 1. The van der Waals surface area contributed by atoms with Gasteiger partial charge >= 0.3 is 10.2 Å². The van der Waals surface area contributed by atoms with Crippen LogP contribution in [0.3, 0.4) is 0 Å². The van der Waals surface area contributed by atoms with Gasteiger partial charge in [-0.1, -0.05) is 11.6 Å². The first kappa shape index (κ1) is 13.9. The average molecular weight is 301 g/mol. The van der Waals surface area contributed by atoms with E-state index in [1.807, 2.05) is 0 Å². The minimum absolute atomic E-state index is 0.556. The normalized spacial score (nSPS) is 11.6. The highest BCUT2D eigenvalue weighted by atomic mass is 35.5. The van der Waals surface area contributed by atoms with Gasteiger partial charge in [0.25, 0.3) is 5.82 Å². The highest BCUT2D eigenvalue weighted by Crippen LogP contribution is 2.20. The Bertz CT molecular complexity index is 692. The van der Waals surface area contributed by atoms with Crippen LogP contribution >= 0.6 is 11.6 Å². The molecule has 0 fully saturated rings. The number of aryl methyl sites for hydroxylation is 1. The Balaban J connectivity index is 2.45. The maximum atomic E-state index is 12.5. The number of rotatable bonds is 3. The molecule has 0 spiro atoms. The molecule has 5 nitrogen and oxygen atoms in total. The minimum Gasteiger partial charge on any atom is -0.238 e. The van der Waals surface area contributed by atoms with Crippen LogP contribution < -0.4 is 8.87 Å². The number of hydrogen-bond donors (Lipinski definition) is 0. The van der Waals surface area contributed by atoms with E-state index in [1.165, 1.54) is 21.5 Å². The van der Waals surface area contributed by atoms with Gasteiger partial charge in [0.15, 0.2) is 0 Å². The number of anilines is 1. The van der Waals surface area contributed by atoms with Crippen molar-refractivity contribution >= 4 is 27.5 Å². The Kier molecular flexibility index (Phi) is 3.56. The molecule has 19 heavy (non-hydrogen) atoms. The van der Waals surface area contributed by atoms with Gasteiger partial charge in [0.1, 0.15) is 12.4 Å². The van der Waals surface area contributed by atoms with Crippen LogP contribution in [0.4, 0.5) is 5.69 Å². The molecule has 0 saturated heterocycles. The summed E-state index contributed by atoms with van der Waals surface area (Å²) >= 11 is 5.80. The lowest BCUT2D eigenvalue weighted by Gasteiger charge is -2.16. The van der Waals surface area contributed by atoms with Crippen LogP contribution in [0.2, 0.25) is 5.02 Å². The first-order chi connectivity index (χ1) is 8.84. The third kappa shape index (κ3) is 2.46. The molecule has 0 aliphatic carbocycles. The predicted molar refractivity (Wildman–Crippen MR) is 74.5 cm³/mol. The second-order valence-corrected chi connectivity index (χ2v) is 6.48. The number of aromatic nitrogens is 2. The van der Waals surface area contributed by atoms with Crippen molar-refractivity contribution in [3.63, 3.8) is 0 Å². The third-order valence-electron chi connectivity index (χ3n) is 3.04. The van der Waals surface area contributed by atoms with Gasteiger partial charge in [-0.15, -0.1) is 3.97 Å². The fourth-order valence-electron chi connectivity index (χ4n) is 1.69. The Morgan fingerprint density at radius 2 is 1.84 bits per heavy atom. The van der Waals surface area contributed by atoms with Crippen LogP contribution in [0.15, 0.2) is 36.7 Å². The molecule has 1 heterocycles. The summed E-state index contributed by atoms with van der Waals surface area (Å²) in [5.74, 6) is 0.626. The van der Waals surface area contributed by atoms with Gasteiger partial charge in [0.05, 0.1) is 12.7 Å². The van der Waals surface area contributed by atoms with Crippen molar-refractivity contribution in [2.75, 3.05) is 11.4 Å². The summed E-state index contributed by atoms with van der Waals surface area (Å²) in [6, 6.07) is 6.65. The molecular weight excluding hydrogens is 286 g/mol. The van der Waals surface area contributed by atoms with Gasteiger partial charge in [0, 0.05) is 19.0 Å². The lowest BCUT2D eigenvalue weighted by Crippen LogP contribution is -2.36. The average Bonchev–Trinajstić information content (AvgIpc) is 2.70. The molecule has 2 aromatic rings. The lowest BCUT2D eigenvalue weighted by molar-refractivity contribution is -0.676. The smallest absolute Gasteiger partial charge is 0.238 e. The van der Waals surface area contributed by atoms with Crippen molar-refractivity contribution in [2.24, 2.45) is 7.05 Å². The summed E-state index contributed by atoms with van der Waals surface area (Å²) in [6.07, 6.45) is 3.22. The predicted octanol–water partition coefficient (Wildman–Crippen LogP) is 1.50. The van der Waals surface area contributed by atoms with E-state index in [-0.39, 0.29) is 0 Å². The molecule has 0 atom stereocenters. The van der Waals surface area contributed by atoms with Crippen LogP contribution in [0.25, 0.3) is 0 Å². The second kappa shape index (κ2) is 4.86. The highest BCUT2D eigenvalue weighted by molar-refractivity contribution is 7.91. The van der Waals surface area contributed by atoms with Crippen molar-refractivity contribution in [3.8, 4) is 0 Å². The molecule has 7 heteroatoms. The summed E-state index contributed by atoms with van der Waals surface area (Å²) in [7, 11) is -0.321. The summed E-state index contributed by atoms with van der Waals surface area (Å²) < 4.78 is 29.2. The first-order valence-corrected chi connectivity index (χ1v) is 7.40. The molecular formula is C12H15ClN3O2S+. The first-order valence-electron chi connectivity index (χ1n) is 5.62. The standard InChI is InChI=1S/C12H15ClN3O2S/c1-10-14(2)8-9-16(10)19(17,18)15(3)12-6-4-11(13)5-7-12/h4-9H,1-3H3/q+1. The van der Waals surface area contributed by atoms with Gasteiger partial charge in [-0.3, -0.25) is 0 Å². The van der Waals surface area contributed by atoms with E-state index in [1.54, 1.807) is 49.0 Å². The summed E-state index contributed by atoms with van der Waals surface area (Å²) in [5, 5.41) is 0.568. The number of nitrogens with zero attached hydrogens (tertiary/aromatic N) is 3. The Morgan fingerprint density at radius 3 is 2.32 bits per heavy atom. The molecule has 0 radical (unpaired) electrons. The van der Waals surface area contributed by atoms with E-state index < -0.39 is 10.2 Å². The monoisotopic (exact) mass is 300 g/mol. The van der Waals surface area contributed by atoms with E-state index in [0.29, 0.717) is 16.5 Å². The Labute approximate surface area is 117 Å². The SMILES string of the molecule is Cc1n(S(=O)(=O)N(C)c2ccc(Cl)cc2)cc[n+]1C. The minimum atomic E-state index is -3.63. The van der Waals surface area contributed by atoms with E-state index >= 15 is 0 Å². The fraction of sp³-hybridized carbons (Fsp3) is 0.250. The van der Waals surface area contributed by atoms with Crippen molar-refractivity contribution in [1.82, 2.24) is 3.97 Å². The van der Waals surface area contributed by atoms with E-state index in [0.717, 1.165) is 0 Å². The topological polar surface area (TPSA) is 46.2 Å². The molecule has 0 bridgehead atoms. The van der Waals surface area contributed by atoms with Gasteiger partial charge in [-0.05, 0) is 24.3 Å². The van der Waals surface area contributed by atoms with Gasteiger partial charge in [-0.2, -0.15) is 8.42 Å². The van der Waals surface area contributed by atoms with Gasteiger partial charge in [0.2, 0.25) is 0 Å². The Hall–Kier alpha value is -1.53. The summed E-state index contributed by atoms with van der Waals surface area (Å²) in [6.45, 7) is 1.74. The fourth-order valence-corrected chi connectivity index (χ4v) is 3.14. The molecule has 0 saturated carbocycles. The number of imidazole rings is 1. The number of hydrogen-bond acceptors (Lipinski definition) is 2. The molecule has 0 aliphatic heterocycles. The molecule has 0 unspecified atom stereocenters. The van der Waals surface area contributed by atoms with Crippen molar-refractivity contribution in [1.29, 1.82) is 0 Å². The van der Waals surface area contributed by atoms with E-state index in [9.17, 15) is 8.42 Å².